The van der Waals surface area contributed by atoms with Crippen LogP contribution >= 0.6 is 11.3 Å². The predicted molar refractivity (Wildman–Crippen MR) is 157 cm³/mol. The van der Waals surface area contributed by atoms with Crippen molar-refractivity contribution in [2.45, 2.75) is 38.2 Å². The van der Waals surface area contributed by atoms with E-state index in [-0.39, 0.29) is 17.8 Å². The molecule has 1 fully saturated rings. The van der Waals surface area contributed by atoms with Gasteiger partial charge in [-0.3, -0.25) is 4.79 Å². The number of aromatic nitrogens is 1. The number of fused-ring (bicyclic) bond motifs is 1. The van der Waals surface area contributed by atoms with Crippen molar-refractivity contribution in [3.8, 4) is 16.9 Å². The molecule has 6 rings (SSSR count). The fourth-order valence-corrected chi connectivity index (χ4v) is 5.95. The summed E-state index contributed by atoms with van der Waals surface area (Å²) in [5.41, 5.74) is 6.13. The van der Waals surface area contributed by atoms with Crippen molar-refractivity contribution in [1.29, 1.82) is 0 Å². The van der Waals surface area contributed by atoms with E-state index in [2.05, 4.69) is 41.8 Å². The molecule has 0 spiro atoms. The number of benzene rings is 3. The maximum atomic E-state index is 13.4. The summed E-state index contributed by atoms with van der Waals surface area (Å²) in [6.07, 6.45) is 2.05. The Hall–Kier alpha value is -3.71. The van der Waals surface area contributed by atoms with E-state index in [4.69, 9.17) is 14.2 Å². The summed E-state index contributed by atoms with van der Waals surface area (Å²) in [5.74, 6) is 0.727. The Morgan fingerprint density at radius 2 is 1.85 bits per heavy atom. The highest BCUT2D eigenvalue weighted by atomic mass is 32.1. The van der Waals surface area contributed by atoms with Gasteiger partial charge in [-0.2, -0.15) is 11.3 Å². The number of methoxy groups -OCH3 is 1. The topological polar surface area (TPSA) is 49.7 Å². The summed E-state index contributed by atoms with van der Waals surface area (Å²) in [6, 6.07) is 28.3. The molecule has 198 valence electrons. The molecule has 0 bridgehead atoms. The number of pyridine rings is 1. The summed E-state index contributed by atoms with van der Waals surface area (Å²) in [5, 5.41) is 5.15. The average molecular weight is 538 g/mol. The maximum Gasteiger partial charge on any atom is 0.251 e. The average Bonchev–Trinajstić information content (AvgIpc) is 3.53. The molecule has 0 radical (unpaired) electrons. The lowest BCUT2D eigenvalue weighted by Crippen LogP contribution is -2.25. The molecule has 1 saturated heterocycles. The third kappa shape index (κ3) is 5.69. The molecule has 39 heavy (non-hydrogen) atoms. The summed E-state index contributed by atoms with van der Waals surface area (Å²) < 4.78 is 19.7. The normalized spacial score (nSPS) is 17.4. The van der Waals surface area contributed by atoms with Gasteiger partial charge in [0.2, 0.25) is 0 Å². The van der Waals surface area contributed by atoms with Gasteiger partial charge in [-0.1, -0.05) is 48.5 Å². The van der Waals surface area contributed by atoms with Crippen LogP contribution in [-0.4, -0.2) is 24.4 Å². The van der Waals surface area contributed by atoms with Crippen LogP contribution in [0.15, 0.2) is 100 Å². The first-order valence-corrected chi connectivity index (χ1v) is 14.2. The standard InChI is InChI=1S/C33H31NO4S/c1-36-27-12-14-37-32(18-27)25-9-5-8-24(16-25)21-38-28-10-11-29-30(26-13-15-39-22-26)19-33(35)34(31(29)17-28)20-23-6-3-2-4-7-23/h2-11,13,15-17,19,22,27,32H,12,14,18,20-21H2,1H3. The number of hydrogen-bond acceptors (Lipinski definition) is 5. The lowest BCUT2D eigenvalue weighted by molar-refractivity contribution is -0.0599. The van der Waals surface area contributed by atoms with Gasteiger partial charge in [0, 0.05) is 37.7 Å². The van der Waals surface area contributed by atoms with Crippen molar-refractivity contribution in [3.63, 3.8) is 0 Å². The van der Waals surface area contributed by atoms with Gasteiger partial charge in [0.05, 0.1) is 24.3 Å². The molecule has 0 N–H and O–H groups in total. The molecule has 5 nitrogen and oxygen atoms in total. The second-order valence-corrected chi connectivity index (χ2v) is 10.7. The lowest BCUT2D eigenvalue weighted by Gasteiger charge is -2.29. The van der Waals surface area contributed by atoms with Crippen molar-refractivity contribution >= 4 is 22.2 Å². The van der Waals surface area contributed by atoms with Gasteiger partial charge in [-0.15, -0.1) is 0 Å². The zero-order valence-corrected chi connectivity index (χ0v) is 22.7. The molecule has 1 aliphatic heterocycles. The number of thiophene rings is 1. The predicted octanol–water partition coefficient (Wildman–Crippen LogP) is 7.22. The van der Waals surface area contributed by atoms with Crippen LogP contribution in [0.2, 0.25) is 0 Å². The summed E-state index contributed by atoms with van der Waals surface area (Å²) in [7, 11) is 1.77. The van der Waals surface area contributed by atoms with Crippen LogP contribution < -0.4 is 10.3 Å². The molecule has 2 atom stereocenters. The van der Waals surface area contributed by atoms with Gasteiger partial charge in [0.15, 0.2) is 0 Å². The summed E-state index contributed by atoms with van der Waals surface area (Å²) >= 11 is 1.63. The van der Waals surface area contributed by atoms with Gasteiger partial charge in [-0.25, -0.2) is 0 Å². The Balaban J connectivity index is 1.30. The van der Waals surface area contributed by atoms with Crippen LogP contribution in [0.1, 0.15) is 35.6 Å². The third-order valence-electron chi connectivity index (χ3n) is 7.40. The second kappa shape index (κ2) is 11.6. The van der Waals surface area contributed by atoms with Crippen LogP contribution in [0.3, 0.4) is 0 Å². The highest BCUT2D eigenvalue weighted by Crippen LogP contribution is 2.32. The van der Waals surface area contributed by atoms with E-state index in [9.17, 15) is 4.79 Å². The van der Waals surface area contributed by atoms with E-state index < -0.39 is 0 Å². The van der Waals surface area contributed by atoms with Gasteiger partial charge < -0.3 is 18.8 Å². The smallest absolute Gasteiger partial charge is 0.251 e. The lowest BCUT2D eigenvalue weighted by atomic mass is 9.98. The summed E-state index contributed by atoms with van der Waals surface area (Å²) in [6.45, 7) is 1.63. The molecule has 0 amide bonds. The largest absolute Gasteiger partial charge is 0.489 e. The molecule has 6 heteroatoms. The molecule has 3 heterocycles. The SMILES string of the molecule is COC1CCOC(c2cccc(COc3ccc4c(-c5ccsc5)cc(=O)n(Cc5ccccc5)c4c3)c2)C1. The maximum absolute atomic E-state index is 13.4. The van der Waals surface area contributed by atoms with Crippen molar-refractivity contribution in [3.05, 3.63) is 123 Å². The summed E-state index contributed by atoms with van der Waals surface area (Å²) in [4.78, 5) is 13.4. The Morgan fingerprint density at radius 1 is 0.974 bits per heavy atom. The Bertz CT molecular complexity index is 1610. The highest BCUT2D eigenvalue weighted by Gasteiger charge is 2.24. The molecular weight excluding hydrogens is 506 g/mol. The Morgan fingerprint density at radius 3 is 2.67 bits per heavy atom. The van der Waals surface area contributed by atoms with Crippen molar-refractivity contribution in [1.82, 2.24) is 4.57 Å². The molecule has 3 aromatic carbocycles. The van der Waals surface area contributed by atoms with Crippen LogP contribution in [0.25, 0.3) is 22.0 Å². The minimum atomic E-state index is -0.0285. The molecule has 2 unspecified atom stereocenters. The minimum Gasteiger partial charge on any atom is -0.489 e. The van der Waals surface area contributed by atoms with Crippen molar-refractivity contribution < 1.29 is 14.2 Å². The van der Waals surface area contributed by atoms with E-state index in [1.165, 1.54) is 0 Å². The number of ether oxygens (including phenoxy) is 3. The van der Waals surface area contributed by atoms with E-state index in [1.807, 2.05) is 52.4 Å². The van der Waals surface area contributed by atoms with Crippen molar-refractivity contribution in [2.24, 2.45) is 0 Å². The first kappa shape index (κ1) is 25.6. The van der Waals surface area contributed by atoms with Crippen LogP contribution in [-0.2, 0) is 22.6 Å². The van der Waals surface area contributed by atoms with Gasteiger partial charge >= 0.3 is 0 Å². The fourth-order valence-electron chi connectivity index (χ4n) is 5.30. The molecule has 0 aliphatic carbocycles. The fraction of sp³-hybridized carbons (Fsp3) is 0.242. The molecular formula is C33H31NO4S. The highest BCUT2D eigenvalue weighted by molar-refractivity contribution is 7.08. The number of rotatable bonds is 8. The van der Waals surface area contributed by atoms with Crippen molar-refractivity contribution in [2.75, 3.05) is 13.7 Å². The second-order valence-electron chi connectivity index (χ2n) is 9.93. The number of hydrogen-bond donors (Lipinski definition) is 0. The van der Waals surface area contributed by atoms with Gasteiger partial charge in [0.25, 0.3) is 5.56 Å². The monoisotopic (exact) mass is 537 g/mol. The van der Waals surface area contributed by atoms with Gasteiger partial charge in [0.1, 0.15) is 12.4 Å². The molecule has 0 saturated carbocycles. The quantitative estimate of drug-likeness (QED) is 0.210. The molecule has 2 aromatic heterocycles. The zero-order chi connectivity index (χ0) is 26.6. The molecule has 5 aromatic rings. The van der Waals surface area contributed by atoms with E-state index in [0.29, 0.717) is 19.8 Å². The van der Waals surface area contributed by atoms with E-state index in [0.717, 1.165) is 57.3 Å². The first-order chi connectivity index (χ1) is 19.2. The Kier molecular flexibility index (Phi) is 7.59. The third-order valence-corrected chi connectivity index (χ3v) is 8.08. The van der Waals surface area contributed by atoms with Gasteiger partial charge in [-0.05, 0) is 69.3 Å². The zero-order valence-electron chi connectivity index (χ0n) is 21.9. The van der Waals surface area contributed by atoms with E-state index >= 15 is 0 Å². The minimum absolute atomic E-state index is 0.0285. The first-order valence-electron chi connectivity index (χ1n) is 13.3. The molecule has 1 aliphatic rings. The number of nitrogens with zero attached hydrogens (tertiary/aromatic N) is 1. The van der Waals surface area contributed by atoms with Crippen LogP contribution in [0, 0.1) is 0 Å². The van der Waals surface area contributed by atoms with Crippen LogP contribution in [0.5, 0.6) is 5.75 Å². The Labute approximate surface area is 232 Å². The van der Waals surface area contributed by atoms with Crippen LogP contribution in [0.4, 0.5) is 0 Å². The van der Waals surface area contributed by atoms with E-state index in [1.54, 1.807) is 24.5 Å².